The third-order valence-corrected chi connectivity index (χ3v) is 5.69. The molecule has 132 valence electrons. The average molecular weight is 338 g/mol. The quantitative estimate of drug-likeness (QED) is 0.860. The maximum absolute atomic E-state index is 12.6. The zero-order valence-corrected chi connectivity index (χ0v) is 14.9. The first-order chi connectivity index (χ1) is 12.2. The van der Waals surface area contributed by atoms with Gasteiger partial charge in [0.1, 0.15) is 0 Å². The van der Waals surface area contributed by atoms with Crippen molar-refractivity contribution in [1.29, 1.82) is 0 Å². The van der Waals surface area contributed by atoms with E-state index in [1.165, 1.54) is 11.3 Å². The summed E-state index contributed by atoms with van der Waals surface area (Å²) in [6.45, 7) is 3.84. The van der Waals surface area contributed by atoms with Gasteiger partial charge in [0.15, 0.2) is 0 Å². The van der Waals surface area contributed by atoms with E-state index < -0.39 is 0 Å². The van der Waals surface area contributed by atoms with Gasteiger partial charge in [0.25, 0.3) is 0 Å². The summed E-state index contributed by atoms with van der Waals surface area (Å²) in [6.07, 6.45) is 5.79. The van der Waals surface area contributed by atoms with Crippen LogP contribution in [0.4, 0.5) is 5.69 Å². The summed E-state index contributed by atoms with van der Waals surface area (Å²) in [5.41, 5.74) is 3.75. The molecule has 0 bridgehead atoms. The standard InChI is InChI=1S/C20H26N4O/c1-22-18(6-11-21-22)17-7-12-23(13-8-17)14-10-20(25)24-15-9-16-4-2-3-5-19(16)24/h2-6,11,17H,7-10,12-15H2,1H3. The summed E-state index contributed by atoms with van der Waals surface area (Å²) in [6, 6.07) is 10.4. The van der Waals surface area contributed by atoms with Gasteiger partial charge in [0, 0.05) is 50.1 Å². The zero-order valence-electron chi connectivity index (χ0n) is 14.9. The molecule has 25 heavy (non-hydrogen) atoms. The van der Waals surface area contributed by atoms with Crippen molar-refractivity contribution in [3.05, 3.63) is 47.8 Å². The lowest BCUT2D eigenvalue weighted by Crippen LogP contribution is -2.37. The Morgan fingerprint density at radius 3 is 2.72 bits per heavy atom. The van der Waals surface area contributed by atoms with E-state index in [2.05, 4.69) is 34.3 Å². The number of rotatable bonds is 4. The molecule has 1 amide bonds. The van der Waals surface area contributed by atoms with Crippen LogP contribution >= 0.6 is 0 Å². The number of aryl methyl sites for hydroxylation is 1. The lowest BCUT2D eigenvalue weighted by atomic mass is 9.93. The number of benzene rings is 1. The fraction of sp³-hybridized carbons (Fsp3) is 0.500. The third-order valence-electron chi connectivity index (χ3n) is 5.69. The van der Waals surface area contributed by atoms with Crippen LogP contribution in [0.5, 0.6) is 0 Å². The van der Waals surface area contributed by atoms with Gasteiger partial charge in [-0.25, -0.2) is 0 Å². The van der Waals surface area contributed by atoms with Gasteiger partial charge in [-0.1, -0.05) is 18.2 Å². The smallest absolute Gasteiger partial charge is 0.228 e. The molecular weight excluding hydrogens is 312 g/mol. The van der Waals surface area contributed by atoms with Crippen molar-refractivity contribution in [1.82, 2.24) is 14.7 Å². The lowest BCUT2D eigenvalue weighted by molar-refractivity contribution is -0.118. The molecule has 3 heterocycles. The third kappa shape index (κ3) is 3.33. The lowest BCUT2D eigenvalue weighted by Gasteiger charge is -2.32. The Balaban J connectivity index is 1.27. The predicted octanol–water partition coefficient (Wildman–Crippen LogP) is 2.58. The van der Waals surface area contributed by atoms with Crippen molar-refractivity contribution in [3.63, 3.8) is 0 Å². The second-order valence-corrected chi connectivity index (χ2v) is 7.17. The van der Waals surface area contributed by atoms with Crippen LogP contribution in [0, 0.1) is 0 Å². The topological polar surface area (TPSA) is 41.4 Å². The molecule has 1 aromatic heterocycles. The Morgan fingerprint density at radius 1 is 1.16 bits per heavy atom. The summed E-state index contributed by atoms with van der Waals surface area (Å²) in [5, 5.41) is 4.29. The number of hydrogen-bond donors (Lipinski definition) is 0. The molecule has 2 aromatic rings. The van der Waals surface area contributed by atoms with Gasteiger partial charge in [-0.15, -0.1) is 0 Å². The first kappa shape index (κ1) is 16.3. The second-order valence-electron chi connectivity index (χ2n) is 7.17. The highest BCUT2D eigenvalue weighted by atomic mass is 16.2. The van der Waals surface area contributed by atoms with Crippen LogP contribution < -0.4 is 4.90 Å². The number of hydrogen-bond acceptors (Lipinski definition) is 3. The van der Waals surface area contributed by atoms with E-state index in [4.69, 9.17) is 0 Å². The molecule has 0 radical (unpaired) electrons. The number of aromatic nitrogens is 2. The summed E-state index contributed by atoms with van der Waals surface area (Å²) in [5.74, 6) is 0.864. The van der Waals surface area contributed by atoms with E-state index in [9.17, 15) is 4.79 Å². The number of carbonyl (C=O) groups excluding carboxylic acids is 1. The van der Waals surface area contributed by atoms with Crippen molar-refractivity contribution < 1.29 is 4.79 Å². The number of para-hydroxylation sites is 1. The van der Waals surface area contributed by atoms with Crippen LogP contribution in [0.1, 0.15) is 36.4 Å². The summed E-state index contributed by atoms with van der Waals surface area (Å²) >= 11 is 0. The highest BCUT2D eigenvalue weighted by Gasteiger charge is 2.26. The van der Waals surface area contributed by atoms with E-state index in [1.54, 1.807) is 0 Å². The number of anilines is 1. The molecular formula is C20H26N4O. The van der Waals surface area contributed by atoms with E-state index in [-0.39, 0.29) is 5.91 Å². The Hall–Kier alpha value is -2.14. The number of likely N-dealkylation sites (tertiary alicyclic amines) is 1. The SMILES string of the molecule is Cn1nccc1C1CCN(CCC(=O)N2CCc3ccccc32)CC1. The van der Waals surface area contributed by atoms with Crippen LogP contribution in [0.2, 0.25) is 0 Å². The summed E-state index contributed by atoms with van der Waals surface area (Å²) < 4.78 is 1.99. The predicted molar refractivity (Wildman–Crippen MR) is 98.7 cm³/mol. The zero-order chi connectivity index (χ0) is 17.2. The van der Waals surface area contributed by atoms with E-state index in [0.29, 0.717) is 12.3 Å². The van der Waals surface area contributed by atoms with Gasteiger partial charge in [-0.3, -0.25) is 9.48 Å². The molecule has 0 spiro atoms. The minimum atomic E-state index is 0.263. The fourth-order valence-electron chi connectivity index (χ4n) is 4.22. The number of carbonyl (C=O) groups is 1. The van der Waals surface area contributed by atoms with E-state index in [1.807, 2.05) is 28.9 Å². The van der Waals surface area contributed by atoms with Gasteiger partial charge < -0.3 is 9.80 Å². The molecule has 0 aliphatic carbocycles. The van der Waals surface area contributed by atoms with Crippen LogP contribution in [-0.2, 0) is 18.3 Å². The van der Waals surface area contributed by atoms with Crippen molar-refractivity contribution in [2.75, 3.05) is 31.1 Å². The van der Waals surface area contributed by atoms with Crippen LogP contribution in [0.15, 0.2) is 36.5 Å². The first-order valence-corrected chi connectivity index (χ1v) is 9.31. The van der Waals surface area contributed by atoms with Crippen molar-refractivity contribution in [3.8, 4) is 0 Å². The monoisotopic (exact) mass is 338 g/mol. The number of nitrogens with zero attached hydrogens (tertiary/aromatic N) is 4. The maximum atomic E-state index is 12.6. The van der Waals surface area contributed by atoms with Crippen molar-refractivity contribution >= 4 is 11.6 Å². The Morgan fingerprint density at radius 2 is 1.96 bits per heavy atom. The molecule has 5 heteroatoms. The minimum Gasteiger partial charge on any atom is -0.312 e. The van der Waals surface area contributed by atoms with Gasteiger partial charge >= 0.3 is 0 Å². The Bertz CT molecular complexity index is 746. The Kier molecular flexibility index (Phi) is 4.57. The molecule has 1 aromatic carbocycles. The molecule has 4 rings (SSSR count). The largest absolute Gasteiger partial charge is 0.312 e. The molecule has 2 aliphatic rings. The first-order valence-electron chi connectivity index (χ1n) is 9.31. The summed E-state index contributed by atoms with van der Waals surface area (Å²) in [7, 11) is 2.02. The fourth-order valence-corrected chi connectivity index (χ4v) is 4.22. The van der Waals surface area contributed by atoms with Crippen LogP contribution in [0.3, 0.4) is 0 Å². The number of piperidine rings is 1. The minimum absolute atomic E-state index is 0.263. The second kappa shape index (κ2) is 7.00. The van der Waals surface area contributed by atoms with Crippen molar-refractivity contribution in [2.24, 2.45) is 7.05 Å². The molecule has 5 nitrogen and oxygen atoms in total. The molecule has 1 fully saturated rings. The van der Waals surface area contributed by atoms with E-state index in [0.717, 1.165) is 51.1 Å². The van der Waals surface area contributed by atoms with Gasteiger partial charge in [-0.2, -0.15) is 5.10 Å². The van der Waals surface area contributed by atoms with Crippen molar-refractivity contribution in [2.45, 2.75) is 31.6 Å². The van der Waals surface area contributed by atoms with Crippen LogP contribution in [0.25, 0.3) is 0 Å². The molecule has 1 saturated heterocycles. The van der Waals surface area contributed by atoms with E-state index >= 15 is 0 Å². The molecule has 2 aliphatic heterocycles. The van der Waals surface area contributed by atoms with Gasteiger partial charge in [0.2, 0.25) is 5.91 Å². The van der Waals surface area contributed by atoms with Gasteiger partial charge in [0.05, 0.1) is 0 Å². The van der Waals surface area contributed by atoms with Crippen LogP contribution in [-0.4, -0.2) is 46.8 Å². The molecule has 0 saturated carbocycles. The average Bonchev–Trinajstić information content (AvgIpc) is 3.26. The normalized spacial score (nSPS) is 18.5. The maximum Gasteiger partial charge on any atom is 0.228 e. The number of fused-ring (bicyclic) bond motifs is 1. The Labute approximate surface area is 149 Å². The molecule has 0 atom stereocenters. The molecule has 0 unspecified atom stereocenters. The van der Waals surface area contributed by atoms with Gasteiger partial charge in [-0.05, 0) is 50.0 Å². The highest BCUT2D eigenvalue weighted by Crippen LogP contribution is 2.29. The molecule has 0 N–H and O–H groups in total. The highest BCUT2D eigenvalue weighted by molar-refractivity contribution is 5.95. The summed E-state index contributed by atoms with van der Waals surface area (Å²) in [4.78, 5) is 17.0. The number of amides is 1.